The monoisotopic (exact) mass is 306 g/mol. The first-order valence-corrected chi connectivity index (χ1v) is 7.56. The average Bonchev–Trinajstić information content (AvgIpc) is 2.43. The topological polar surface area (TPSA) is 67.4 Å². The molecule has 1 atom stereocenters. The highest BCUT2D eigenvalue weighted by molar-refractivity contribution is 5.77. The zero-order chi connectivity index (χ0) is 16.6. The molecular formula is C17H26N2O3. The molecule has 22 heavy (non-hydrogen) atoms. The third-order valence-corrected chi connectivity index (χ3v) is 2.99. The van der Waals surface area contributed by atoms with Crippen LogP contribution in [0.2, 0.25) is 0 Å². The van der Waals surface area contributed by atoms with Crippen LogP contribution < -0.4 is 10.6 Å². The second kappa shape index (κ2) is 8.41. The average molecular weight is 306 g/mol. The van der Waals surface area contributed by atoms with Crippen LogP contribution in [0.4, 0.5) is 4.79 Å². The molecule has 2 amide bonds. The molecule has 0 heterocycles. The molecule has 0 saturated carbocycles. The van der Waals surface area contributed by atoms with Gasteiger partial charge in [0.15, 0.2) is 0 Å². The van der Waals surface area contributed by atoms with Crippen molar-refractivity contribution in [1.29, 1.82) is 0 Å². The largest absolute Gasteiger partial charge is 0.444 e. The van der Waals surface area contributed by atoms with Gasteiger partial charge in [0.25, 0.3) is 0 Å². The summed E-state index contributed by atoms with van der Waals surface area (Å²) in [6, 6.07) is 10.0. The Morgan fingerprint density at radius 3 is 2.36 bits per heavy atom. The lowest BCUT2D eigenvalue weighted by atomic mass is 10.0. The van der Waals surface area contributed by atoms with Crippen molar-refractivity contribution in [1.82, 2.24) is 10.6 Å². The van der Waals surface area contributed by atoms with Crippen molar-refractivity contribution in [2.45, 2.75) is 45.6 Å². The van der Waals surface area contributed by atoms with Crippen molar-refractivity contribution >= 4 is 12.0 Å². The highest BCUT2D eigenvalue weighted by Gasteiger charge is 2.16. The Kier molecular flexibility index (Phi) is 6.89. The van der Waals surface area contributed by atoms with Gasteiger partial charge in [-0.15, -0.1) is 0 Å². The smallest absolute Gasteiger partial charge is 0.407 e. The third-order valence-electron chi connectivity index (χ3n) is 2.99. The number of nitrogens with one attached hydrogen (secondary N) is 2. The number of benzene rings is 1. The quantitative estimate of drug-likeness (QED) is 0.849. The Bertz CT molecular complexity index is 480. The van der Waals surface area contributed by atoms with Gasteiger partial charge in [-0.2, -0.15) is 0 Å². The minimum Gasteiger partial charge on any atom is -0.444 e. The van der Waals surface area contributed by atoms with Crippen molar-refractivity contribution < 1.29 is 14.3 Å². The van der Waals surface area contributed by atoms with Crippen LogP contribution in [0.3, 0.4) is 0 Å². The number of hydrogen-bond donors (Lipinski definition) is 2. The molecule has 0 bridgehead atoms. The maximum absolute atomic E-state index is 11.7. The second-order valence-electron chi connectivity index (χ2n) is 6.29. The van der Waals surface area contributed by atoms with Gasteiger partial charge in [-0.25, -0.2) is 4.79 Å². The number of ether oxygens (including phenoxy) is 1. The van der Waals surface area contributed by atoms with E-state index in [1.54, 1.807) is 20.8 Å². The van der Waals surface area contributed by atoms with Crippen molar-refractivity contribution in [2.75, 3.05) is 13.1 Å². The predicted molar refractivity (Wildman–Crippen MR) is 86.7 cm³/mol. The summed E-state index contributed by atoms with van der Waals surface area (Å²) in [7, 11) is 0. The Balaban J connectivity index is 2.20. The zero-order valence-electron chi connectivity index (χ0n) is 13.8. The van der Waals surface area contributed by atoms with E-state index in [9.17, 15) is 9.59 Å². The van der Waals surface area contributed by atoms with E-state index < -0.39 is 11.7 Å². The third kappa shape index (κ3) is 7.67. The number of rotatable bonds is 6. The Morgan fingerprint density at radius 1 is 1.14 bits per heavy atom. The molecule has 0 radical (unpaired) electrons. The molecule has 0 aliphatic heterocycles. The first-order chi connectivity index (χ1) is 10.3. The van der Waals surface area contributed by atoms with Gasteiger partial charge in [0.1, 0.15) is 5.60 Å². The fourth-order valence-electron chi connectivity index (χ4n) is 1.85. The van der Waals surface area contributed by atoms with Gasteiger partial charge in [0, 0.05) is 19.5 Å². The summed E-state index contributed by atoms with van der Waals surface area (Å²) < 4.78 is 5.09. The van der Waals surface area contributed by atoms with E-state index in [0.29, 0.717) is 6.54 Å². The van der Waals surface area contributed by atoms with Gasteiger partial charge in [-0.05, 0) is 32.3 Å². The van der Waals surface area contributed by atoms with Crippen LogP contribution in [0, 0.1) is 0 Å². The minimum absolute atomic E-state index is 0.0844. The zero-order valence-corrected chi connectivity index (χ0v) is 13.8. The highest BCUT2D eigenvalue weighted by Crippen LogP contribution is 2.12. The highest BCUT2D eigenvalue weighted by atomic mass is 16.6. The second-order valence-corrected chi connectivity index (χ2v) is 6.29. The number of alkyl carbamates (subject to hydrolysis) is 1. The lowest BCUT2D eigenvalue weighted by molar-refractivity contribution is -0.121. The van der Waals surface area contributed by atoms with E-state index in [1.165, 1.54) is 5.56 Å². The van der Waals surface area contributed by atoms with Crippen LogP contribution >= 0.6 is 0 Å². The van der Waals surface area contributed by atoms with E-state index in [0.717, 1.165) is 0 Å². The summed E-state index contributed by atoms with van der Waals surface area (Å²) in [5, 5.41) is 5.44. The molecule has 0 saturated heterocycles. The van der Waals surface area contributed by atoms with Crippen molar-refractivity contribution in [3.8, 4) is 0 Å². The van der Waals surface area contributed by atoms with Crippen LogP contribution in [0.1, 0.15) is 45.6 Å². The van der Waals surface area contributed by atoms with Gasteiger partial charge in [-0.3, -0.25) is 4.79 Å². The standard InChI is InChI=1S/C17H26N2O3/c1-13(14-8-6-5-7-9-14)12-19-15(20)10-11-18-16(21)22-17(2,3)4/h5-9,13H,10-12H2,1-4H3,(H,18,21)(H,19,20)/t13-/m0/s1. The molecule has 2 N–H and O–H groups in total. The van der Waals surface area contributed by atoms with Crippen LogP contribution in [0.5, 0.6) is 0 Å². The van der Waals surface area contributed by atoms with Crippen LogP contribution in [-0.2, 0) is 9.53 Å². The molecule has 0 unspecified atom stereocenters. The van der Waals surface area contributed by atoms with Gasteiger partial charge >= 0.3 is 6.09 Å². The summed E-state index contributed by atoms with van der Waals surface area (Å²) in [5.41, 5.74) is 0.659. The Hall–Kier alpha value is -2.04. The van der Waals surface area contributed by atoms with E-state index in [4.69, 9.17) is 4.74 Å². The summed E-state index contributed by atoms with van der Waals surface area (Å²) in [6.07, 6.45) is -0.265. The first-order valence-electron chi connectivity index (χ1n) is 7.56. The summed E-state index contributed by atoms with van der Waals surface area (Å²) in [5.74, 6) is 0.169. The lowest BCUT2D eigenvalue weighted by Gasteiger charge is -2.19. The number of hydrogen-bond acceptors (Lipinski definition) is 3. The first kappa shape index (κ1) is 18.0. The van der Waals surface area contributed by atoms with E-state index in [1.807, 2.05) is 30.3 Å². The normalized spacial score (nSPS) is 12.4. The predicted octanol–water partition coefficient (Wildman–Crippen LogP) is 2.82. The fraction of sp³-hybridized carbons (Fsp3) is 0.529. The number of carbonyl (C=O) groups excluding carboxylic acids is 2. The Morgan fingerprint density at radius 2 is 1.77 bits per heavy atom. The molecule has 1 aromatic rings. The van der Waals surface area contributed by atoms with Crippen LogP contribution in [0.15, 0.2) is 30.3 Å². The van der Waals surface area contributed by atoms with E-state index in [-0.39, 0.29) is 24.8 Å². The molecule has 5 nitrogen and oxygen atoms in total. The van der Waals surface area contributed by atoms with Crippen LogP contribution in [-0.4, -0.2) is 30.7 Å². The molecule has 1 aromatic carbocycles. The molecular weight excluding hydrogens is 280 g/mol. The van der Waals surface area contributed by atoms with Crippen molar-refractivity contribution in [2.24, 2.45) is 0 Å². The SMILES string of the molecule is C[C@@H](CNC(=O)CCNC(=O)OC(C)(C)C)c1ccccc1. The summed E-state index contributed by atoms with van der Waals surface area (Å²) in [4.78, 5) is 23.2. The molecule has 1 rings (SSSR count). The molecule has 5 heteroatoms. The number of carbonyl (C=O) groups is 2. The van der Waals surface area contributed by atoms with Gasteiger partial charge in [0.05, 0.1) is 0 Å². The maximum Gasteiger partial charge on any atom is 0.407 e. The molecule has 0 aliphatic rings. The fourth-order valence-corrected chi connectivity index (χ4v) is 1.85. The van der Waals surface area contributed by atoms with Gasteiger partial charge in [-0.1, -0.05) is 37.3 Å². The van der Waals surface area contributed by atoms with Crippen molar-refractivity contribution in [3.63, 3.8) is 0 Å². The van der Waals surface area contributed by atoms with E-state index in [2.05, 4.69) is 17.6 Å². The lowest BCUT2D eigenvalue weighted by Crippen LogP contribution is -2.35. The van der Waals surface area contributed by atoms with Crippen LogP contribution in [0.25, 0.3) is 0 Å². The van der Waals surface area contributed by atoms with E-state index >= 15 is 0 Å². The summed E-state index contributed by atoms with van der Waals surface area (Å²) >= 11 is 0. The molecule has 0 aliphatic carbocycles. The van der Waals surface area contributed by atoms with Crippen molar-refractivity contribution in [3.05, 3.63) is 35.9 Å². The number of amides is 2. The van der Waals surface area contributed by atoms with Gasteiger partial charge in [0.2, 0.25) is 5.91 Å². The molecule has 122 valence electrons. The maximum atomic E-state index is 11.7. The summed E-state index contributed by atoms with van der Waals surface area (Å²) in [6.45, 7) is 8.29. The Labute approximate surface area is 132 Å². The molecule has 0 aromatic heterocycles. The van der Waals surface area contributed by atoms with Gasteiger partial charge < -0.3 is 15.4 Å². The minimum atomic E-state index is -0.530. The molecule has 0 spiro atoms. The molecule has 0 fully saturated rings.